The number of carboxylic acid groups (broad SMARTS) is 1. The van der Waals surface area contributed by atoms with Gasteiger partial charge < -0.3 is 5.11 Å². The average molecular weight is 329 g/mol. The van der Waals surface area contributed by atoms with Crippen LogP contribution in [0.3, 0.4) is 0 Å². The Balaban J connectivity index is 1.62. The molecule has 116 valence electrons. The van der Waals surface area contributed by atoms with Gasteiger partial charge in [-0.05, 0) is 11.5 Å². The number of carbonyl (C=O) groups excluding carboxylic acids is 1. The lowest BCUT2D eigenvalue weighted by Gasteiger charge is -2.33. The lowest BCUT2D eigenvalue weighted by atomic mass is 10.1. The van der Waals surface area contributed by atoms with Crippen molar-refractivity contribution in [1.29, 1.82) is 0 Å². The van der Waals surface area contributed by atoms with Gasteiger partial charge in [0.15, 0.2) is 11.4 Å². The van der Waals surface area contributed by atoms with Crippen LogP contribution < -0.4 is 4.89 Å². The Kier molecular flexibility index (Phi) is 3.16. The van der Waals surface area contributed by atoms with Crippen molar-refractivity contribution in [2.24, 2.45) is 0 Å². The van der Waals surface area contributed by atoms with E-state index in [1.807, 2.05) is 36.4 Å². The first kappa shape index (κ1) is 14.0. The fourth-order valence-corrected chi connectivity index (χ4v) is 3.80. The summed E-state index contributed by atoms with van der Waals surface area (Å²) in [7, 11) is 0. The molecule has 1 N–H and O–H groups in total. The van der Waals surface area contributed by atoms with Gasteiger partial charge in [0.05, 0.1) is 11.8 Å². The molecule has 6 nitrogen and oxygen atoms in total. The third-order valence-electron chi connectivity index (χ3n) is 3.74. The number of amides is 1. The second kappa shape index (κ2) is 5.20. The molecule has 0 aromatic heterocycles. The van der Waals surface area contributed by atoms with Crippen LogP contribution in [0.1, 0.15) is 6.42 Å². The molecule has 0 aliphatic carbocycles. The molecule has 23 heavy (non-hydrogen) atoms. The van der Waals surface area contributed by atoms with Crippen LogP contribution in [0.25, 0.3) is 10.8 Å². The highest BCUT2D eigenvalue weighted by molar-refractivity contribution is 8.03. The van der Waals surface area contributed by atoms with Gasteiger partial charge in [-0.15, -0.1) is 0 Å². The fourth-order valence-electron chi connectivity index (χ4n) is 2.63. The maximum absolute atomic E-state index is 11.5. The number of β-lactam (4-membered cyclic amide) rings is 1. The monoisotopic (exact) mass is 329 g/mol. The number of nitrogens with zero attached hydrogens (tertiary/aromatic N) is 1. The summed E-state index contributed by atoms with van der Waals surface area (Å²) in [6.45, 7) is 0. The summed E-state index contributed by atoms with van der Waals surface area (Å²) in [6, 6.07) is 13.1. The Morgan fingerprint density at radius 3 is 2.74 bits per heavy atom. The molecule has 1 fully saturated rings. The highest BCUT2D eigenvalue weighted by Crippen LogP contribution is 2.46. The standard InChI is InChI=1S/C16H11NO5S/c18-12-8-13-17(12)14(15(19)20)16(23-13)22-21-11-7-3-5-9-4-1-2-6-10(9)11/h1-7,13H,8H2,(H,19,20). The van der Waals surface area contributed by atoms with Crippen molar-refractivity contribution in [3.63, 3.8) is 0 Å². The Labute approximate surface area is 135 Å². The van der Waals surface area contributed by atoms with Crippen LogP contribution in [-0.2, 0) is 14.5 Å². The molecule has 0 spiro atoms. The van der Waals surface area contributed by atoms with Crippen molar-refractivity contribution in [1.82, 2.24) is 4.90 Å². The van der Waals surface area contributed by atoms with E-state index in [1.54, 1.807) is 6.07 Å². The first-order valence-corrected chi connectivity index (χ1v) is 7.81. The van der Waals surface area contributed by atoms with Crippen LogP contribution in [0.4, 0.5) is 0 Å². The Morgan fingerprint density at radius 2 is 1.96 bits per heavy atom. The minimum absolute atomic E-state index is 0.0984. The Bertz CT molecular complexity index is 857. The Morgan fingerprint density at radius 1 is 1.17 bits per heavy atom. The lowest BCUT2D eigenvalue weighted by molar-refractivity contribution is -0.159. The van der Waals surface area contributed by atoms with Gasteiger partial charge in [0, 0.05) is 5.39 Å². The summed E-state index contributed by atoms with van der Waals surface area (Å²) in [5, 5.41) is 11.0. The number of fused-ring (bicyclic) bond motifs is 2. The predicted molar refractivity (Wildman–Crippen MR) is 83.2 cm³/mol. The largest absolute Gasteiger partial charge is 0.476 e. The lowest BCUT2D eigenvalue weighted by Crippen LogP contribution is -2.48. The van der Waals surface area contributed by atoms with E-state index in [0.29, 0.717) is 12.2 Å². The van der Waals surface area contributed by atoms with Crippen LogP contribution in [0, 0.1) is 0 Å². The van der Waals surface area contributed by atoms with Crippen LogP contribution in [-0.4, -0.2) is 27.3 Å². The van der Waals surface area contributed by atoms with Gasteiger partial charge in [0.1, 0.15) is 0 Å². The van der Waals surface area contributed by atoms with Gasteiger partial charge in [-0.3, -0.25) is 19.5 Å². The molecule has 0 bridgehead atoms. The van der Waals surface area contributed by atoms with E-state index in [1.165, 1.54) is 16.7 Å². The first-order valence-electron chi connectivity index (χ1n) is 6.94. The van der Waals surface area contributed by atoms with Crippen molar-refractivity contribution < 1.29 is 24.5 Å². The zero-order valence-electron chi connectivity index (χ0n) is 11.8. The van der Waals surface area contributed by atoms with Gasteiger partial charge in [-0.1, -0.05) is 48.2 Å². The maximum Gasteiger partial charge on any atom is 0.357 e. The Hall–Kier alpha value is -2.67. The first-order chi connectivity index (χ1) is 11.1. The number of aliphatic carboxylic acids is 1. The van der Waals surface area contributed by atoms with Crippen LogP contribution >= 0.6 is 11.8 Å². The molecule has 7 heteroatoms. The quantitative estimate of drug-likeness (QED) is 0.528. The van der Waals surface area contributed by atoms with E-state index < -0.39 is 5.97 Å². The van der Waals surface area contributed by atoms with E-state index in [9.17, 15) is 14.7 Å². The van der Waals surface area contributed by atoms with E-state index in [-0.39, 0.29) is 22.1 Å². The van der Waals surface area contributed by atoms with E-state index in [0.717, 1.165) is 10.8 Å². The molecule has 2 aliphatic rings. The number of rotatable bonds is 4. The molecule has 2 aliphatic heterocycles. The predicted octanol–water partition coefficient (Wildman–Crippen LogP) is 2.71. The highest BCUT2D eigenvalue weighted by Gasteiger charge is 2.50. The van der Waals surface area contributed by atoms with E-state index in [2.05, 4.69) is 0 Å². The van der Waals surface area contributed by atoms with Gasteiger partial charge in [0.2, 0.25) is 11.0 Å². The van der Waals surface area contributed by atoms with Gasteiger partial charge in [-0.2, -0.15) is 0 Å². The molecule has 1 unspecified atom stereocenters. The van der Waals surface area contributed by atoms with Crippen LogP contribution in [0.2, 0.25) is 0 Å². The summed E-state index contributed by atoms with van der Waals surface area (Å²) in [5.74, 6) is -0.935. The third-order valence-corrected chi connectivity index (χ3v) is 4.87. The van der Waals surface area contributed by atoms with Crippen LogP contribution in [0.5, 0.6) is 5.75 Å². The molecular formula is C16H11NO5S. The molecular weight excluding hydrogens is 318 g/mol. The van der Waals surface area contributed by atoms with Crippen molar-refractivity contribution in [2.45, 2.75) is 11.8 Å². The van der Waals surface area contributed by atoms with Crippen LogP contribution in [0.15, 0.2) is 53.3 Å². The fraction of sp³-hybridized carbons (Fsp3) is 0.125. The third kappa shape index (κ3) is 2.20. The summed E-state index contributed by atoms with van der Waals surface area (Å²) in [5.41, 5.74) is -0.156. The number of thioether (sulfide) groups is 1. The zero-order valence-corrected chi connectivity index (χ0v) is 12.6. The molecule has 2 aromatic rings. The second-order valence-corrected chi connectivity index (χ2v) is 6.28. The topological polar surface area (TPSA) is 76.1 Å². The smallest absolute Gasteiger partial charge is 0.357 e. The number of hydrogen-bond donors (Lipinski definition) is 1. The number of hydrogen-bond acceptors (Lipinski definition) is 5. The maximum atomic E-state index is 11.5. The molecule has 2 heterocycles. The summed E-state index contributed by atoms with van der Waals surface area (Å²) >= 11 is 1.18. The summed E-state index contributed by atoms with van der Waals surface area (Å²) in [4.78, 5) is 34.8. The van der Waals surface area contributed by atoms with Crippen molar-refractivity contribution >= 4 is 34.4 Å². The van der Waals surface area contributed by atoms with Crippen molar-refractivity contribution in [2.75, 3.05) is 0 Å². The average Bonchev–Trinajstić information content (AvgIpc) is 2.85. The van der Waals surface area contributed by atoms with E-state index >= 15 is 0 Å². The molecule has 1 saturated heterocycles. The van der Waals surface area contributed by atoms with Gasteiger partial charge in [-0.25, -0.2) is 4.79 Å². The van der Waals surface area contributed by atoms with Crippen molar-refractivity contribution in [3.05, 3.63) is 53.3 Å². The number of benzene rings is 2. The molecule has 2 aromatic carbocycles. The van der Waals surface area contributed by atoms with E-state index in [4.69, 9.17) is 9.78 Å². The number of carbonyl (C=O) groups is 2. The van der Waals surface area contributed by atoms with Gasteiger partial charge >= 0.3 is 5.97 Å². The van der Waals surface area contributed by atoms with Crippen molar-refractivity contribution in [3.8, 4) is 5.75 Å². The molecule has 4 rings (SSSR count). The highest BCUT2D eigenvalue weighted by atomic mass is 32.2. The SMILES string of the molecule is O=C(O)C1=C(OOc2cccc3ccccc23)SC2CC(=O)N12. The molecule has 1 amide bonds. The molecule has 1 atom stereocenters. The van der Waals surface area contributed by atoms with Gasteiger partial charge in [0.25, 0.3) is 0 Å². The molecule has 0 radical (unpaired) electrons. The second-order valence-electron chi connectivity index (χ2n) is 5.13. The minimum Gasteiger partial charge on any atom is -0.476 e. The normalized spacial score (nSPS) is 19.6. The summed E-state index contributed by atoms with van der Waals surface area (Å²) < 4.78 is 0. The number of carboxylic acids is 1. The molecule has 0 saturated carbocycles. The zero-order chi connectivity index (χ0) is 16.0. The summed E-state index contributed by atoms with van der Waals surface area (Å²) in [6.07, 6.45) is 0.308. The minimum atomic E-state index is -1.20.